The molecule has 1 rings (SSSR count). The number of hydrogen-bond donors (Lipinski definition) is 0. The Morgan fingerprint density at radius 1 is 1.25 bits per heavy atom. The first kappa shape index (κ1) is 16.5. The second-order valence-corrected chi connectivity index (χ2v) is 4.01. The van der Waals surface area contributed by atoms with E-state index >= 15 is 0 Å². The molecule has 2 nitrogen and oxygen atoms in total. The van der Waals surface area contributed by atoms with Crippen LogP contribution >= 0.6 is 0 Å². The van der Waals surface area contributed by atoms with Gasteiger partial charge in [0, 0.05) is 5.56 Å². The minimum atomic E-state index is -4.39. The molecule has 0 aliphatic rings. The first-order chi connectivity index (χ1) is 9.15. The molecule has 0 saturated heterocycles. The second kappa shape index (κ2) is 6.25. The van der Waals surface area contributed by atoms with Gasteiger partial charge in [-0.1, -0.05) is 0 Å². The topological polar surface area (TPSA) is 26.3 Å². The molecule has 1 atom stereocenters. The Kier molecular flexibility index (Phi) is 5.15. The number of benzene rings is 1. The summed E-state index contributed by atoms with van der Waals surface area (Å²) in [4.78, 5) is 11.6. The Morgan fingerprint density at radius 3 is 2.35 bits per heavy atom. The summed E-state index contributed by atoms with van der Waals surface area (Å²) in [6.07, 6.45) is -5.42. The molecule has 1 unspecified atom stereocenters. The molecule has 0 radical (unpaired) electrons. The lowest BCUT2D eigenvalue weighted by molar-refractivity contribution is -0.170. The zero-order chi connectivity index (χ0) is 15.5. The van der Waals surface area contributed by atoms with Gasteiger partial charge in [0.2, 0.25) is 0 Å². The first-order valence-corrected chi connectivity index (χ1v) is 5.42. The number of rotatable bonds is 6. The van der Waals surface area contributed by atoms with Crippen molar-refractivity contribution in [3.63, 3.8) is 0 Å². The molecule has 0 fully saturated rings. The van der Waals surface area contributed by atoms with Crippen LogP contribution in [0.5, 0.6) is 0 Å². The van der Waals surface area contributed by atoms with Crippen molar-refractivity contribution in [3.8, 4) is 0 Å². The molecule has 0 aromatic heterocycles. The van der Waals surface area contributed by atoms with Gasteiger partial charge in [-0.05, 0) is 25.1 Å². The molecular formula is C12H10F6O2. The van der Waals surface area contributed by atoms with Gasteiger partial charge in [-0.3, -0.25) is 4.79 Å². The molecule has 0 spiro atoms. The lowest BCUT2D eigenvalue weighted by Crippen LogP contribution is -2.35. The van der Waals surface area contributed by atoms with E-state index in [9.17, 15) is 31.1 Å². The van der Waals surface area contributed by atoms with Crippen molar-refractivity contribution >= 4 is 5.78 Å². The van der Waals surface area contributed by atoms with E-state index in [2.05, 4.69) is 4.74 Å². The van der Waals surface area contributed by atoms with E-state index in [0.717, 1.165) is 13.0 Å². The SMILES string of the molecule is CC(OCC(F)(F)C(F)F)C(=O)c1ccc(F)c(F)c1. The third-order valence-corrected chi connectivity index (χ3v) is 2.42. The molecule has 0 heterocycles. The van der Waals surface area contributed by atoms with Crippen LogP contribution in [-0.4, -0.2) is 30.8 Å². The number of halogens is 6. The van der Waals surface area contributed by atoms with E-state index in [1.165, 1.54) is 0 Å². The molecule has 0 bridgehead atoms. The summed E-state index contributed by atoms with van der Waals surface area (Å²) in [7, 11) is 0. The molecule has 8 heteroatoms. The molecule has 0 N–H and O–H groups in total. The smallest absolute Gasteiger partial charge is 0.330 e. The number of alkyl halides is 4. The highest BCUT2D eigenvalue weighted by molar-refractivity contribution is 5.99. The summed E-state index contributed by atoms with van der Waals surface area (Å²) < 4.78 is 78.9. The van der Waals surface area contributed by atoms with Gasteiger partial charge in [-0.25, -0.2) is 17.6 Å². The van der Waals surface area contributed by atoms with E-state index in [1.54, 1.807) is 0 Å². The number of carbonyl (C=O) groups excluding carboxylic acids is 1. The van der Waals surface area contributed by atoms with Crippen molar-refractivity contribution in [1.82, 2.24) is 0 Å². The minimum Gasteiger partial charge on any atom is -0.364 e. The Morgan fingerprint density at radius 2 is 1.85 bits per heavy atom. The maximum Gasteiger partial charge on any atom is 0.330 e. The van der Waals surface area contributed by atoms with Crippen LogP contribution in [-0.2, 0) is 4.74 Å². The van der Waals surface area contributed by atoms with Crippen LogP contribution in [0.25, 0.3) is 0 Å². The average molecular weight is 300 g/mol. The number of ether oxygens (including phenoxy) is 1. The van der Waals surface area contributed by atoms with Gasteiger partial charge < -0.3 is 4.74 Å². The normalized spacial score (nSPS) is 13.6. The summed E-state index contributed by atoms with van der Waals surface area (Å²) in [6, 6.07) is 2.19. The Balaban J connectivity index is 2.70. The molecule has 1 aromatic rings. The van der Waals surface area contributed by atoms with Crippen LogP contribution in [0.15, 0.2) is 18.2 Å². The zero-order valence-corrected chi connectivity index (χ0v) is 10.2. The van der Waals surface area contributed by atoms with Gasteiger partial charge in [-0.15, -0.1) is 0 Å². The second-order valence-electron chi connectivity index (χ2n) is 4.01. The maximum absolute atomic E-state index is 12.9. The minimum absolute atomic E-state index is 0.309. The first-order valence-electron chi connectivity index (χ1n) is 5.42. The number of Topliss-reactive ketones (excluding diaryl/α,β-unsaturated/α-hetero) is 1. The monoisotopic (exact) mass is 300 g/mol. The quantitative estimate of drug-likeness (QED) is 0.594. The standard InChI is InChI=1S/C12H10F6O2/c1-6(20-5-12(17,18)11(15)16)10(19)7-2-3-8(13)9(14)4-7/h2-4,6,11H,5H2,1H3. The molecule has 0 aliphatic carbocycles. The molecule has 112 valence electrons. The average Bonchev–Trinajstić information content (AvgIpc) is 2.38. The van der Waals surface area contributed by atoms with Crippen molar-refractivity contribution in [2.75, 3.05) is 6.61 Å². The van der Waals surface area contributed by atoms with Gasteiger partial charge in [-0.2, -0.15) is 8.78 Å². The van der Waals surface area contributed by atoms with Crippen LogP contribution in [0.2, 0.25) is 0 Å². The summed E-state index contributed by atoms with van der Waals surface area (Å²) in [5.74, 6) is -7.78. The van der Waals surface area contributed by atoms with E-state index in [1.807, 2.05) is 0 Å². The third kappa shape index (κ3) is 3.96. The van der Waals surface area contributed by atoms with Crippen molar-refractivity contribution < 1.29 is 35.9 Å². The number of hydrogen-bond acceptors (Lipinski definition) is 2. The fourth-order valence-corrected chi connectivity index (χ4v) is 1.26. The van der Waals surface area contributed by atoms with Crippen LogP contribution in [0.1, 0.15) is 17.3 Å². The van der Waals surface area contributed by atoms with E-state index in [-0.39, 0.29) is 5.56 Å². The Bertz CT molecular complexity index is 489. The fourth-order valence-electron chi connectivity index (χ4n) is 1.26. The van der Waals surface area contributed by atoms with Crippen LogP contribution < -0.4 is 0 Å². The van der Waals surface area contributed by atoms with Crippen molar-refractivity contribution in [2.45, 2.75) is 25.4 Å². The van der Waals surface area contributed by atoms with Crippen molar-refractivity contribution in [1.29, 1.82) is 0 Å². The molecule has 0 amide bonds. The summed E-state index contributed by atoms with van der Waals surface area (Å²) in [5, 5.41) is 0. The van der Waals surface area contributed by atoms with Crippen molar-refractivity contribution in [2.24, 2.45) is 0 Å². The number of carbonyl (C=O) groups is 1. The van der Waals surface area contributed by atoms with E-state index < -0.39 is 42.5 Å². The van der Waals surface area contributed by atoms with E-state index in [0.29, 0.717) is 12.1 Å². The number of ketones is 1. The molecular weight excluding hydrogens is 290 g/mol. The Hall–Kier alpha value is -1.57. The largest absolute Gasteiger partial charge is 0.364 e. The molecule has 0 saturated carbocycles. The Labute approximate surface area is 110 Å². The third-order valence-electron chi connectivity index (χ3n) is 2.42. The summed E-state index contributed by atoms with van der Waals surface area (Å²) >= 11 is 0. The van der Waals surface area contributed by atoms with Gasteiger partial charge in [0.1, 0.15) is 12.7 Å². The predicted molar refractivity (Wildman–Crippen MR) is 57.1 cm³/mol. The lowest BCUT2D eigenvalue weighted by Gasteiger charge is -2.18. The van der Waals surface area contributed by atoms with Crippen LogP contribution in [0, 0.1) is 11.6 Å². The highest BCUT2D eigenvalue weighted by Crippen LogP contribution is 2.24. The maximum atomic E-state index is 12.9. The van der Waals surface area contributed by atoms with Crippen LogP contribution in [0.3, 0.4) is 0 Å². The highest BCUT2D eigenvalue weighted by atomic mass is 19.3. The zero-order valence-electron chi connectivity index (χ0n) is 10.2. The van der Waals surface area contributed by atoms with Gasteiger partial charge in [0.05, 0.1) is 0 Å². The van der Waals surface area contributed by atoms with Gasteiger partial charge >= 0.3 is 12.3 Å². The molecule has 0 aliphatic heterocycles. The van der Waals surface area contributed by atoms with E-state index in [4.69, 9.17) is 0 Å². The fraction of sp³-hybridized carbons (Fsp3) is 0.417. The van der Waals surface area contributed by atoms with Gasteiger partial charge in [0.25, 0.3) is 0 Å². The van der Waals surface area contributed by atoms with Gasteiger partial charge in [0.15, 0.2) is 17.4 Å². The van der Waals surface area contributed by atoms with Crippen molar-refractivity contribution in [3.05, 3.63) is 35.4 Å². The van der Waals surface area contributed by atoms with Crippen LogP contribution in [0.4, 0.5) is 26.3 Å². The molecule has 20 heavy (non-hydrogen) atoms. The lowest BCUT2D eigenvalue weighted by atomic mass is 10.1. The summed E-state index contributed by atoms with van der Waals surface area (Å²) in [5.41, 5.74) is -0.309. The highest BCUT2D eigenvalue weighted by Gasteiger charge is 2.41. The predicted octanol–water partition coefficient (Wildman–Crippen LogP) is 3.45. The summed E-state index contributed by atoms with van der Waals surface area (Å²) in [6.45, 7) is -0.605. The molecule has 1 aromatic carbocycles.